The van der Waals surface area contributed by atoms with Gasteiger partial charge in [-0.3, -0.25) is 0 Å². The number of hydrogen-bond donors (Lipinski definition) is 1. The Morgan fingerprint density at radius 2 is 1.68 bits per heavy atom. The molecule has 1 nitrogen and oxygen atoms in total. The average Bonchev–Trinajstić information content (AvgIpc) is 2.43. The lowest BCUT2D eigenvalue weighted by Crippen LogP contribution is -2.13. The second kappa shape index (κ2) is 6.69. The van der Waals surface area contributed by atoms with Gasteiger partial charge in [-0.15, -0.1) is 0 Å². The second-order valence-corrected chi connectivity index (χ2v) is 4.95. The summed E-state index contributed by atoms with van der Waals surface area (Å²) in [6, 6.07) is 13.1. The van der Waals surface area contributed by atoms with Crippen molar-refractivity contribution >= 4 is 11.6 Å². The summed E-state index contributed by atoms with van der Waals surface area (Å²) in [5, 5.41) is 3.79. The van der Waals surface area contributed by atoms with E-state index in [0.717, 1.165) is 13.0 Å². The lowest BCUT2D eigenvalue weighted by Gasteiger charge is -2.07. The predicted molar refractivity (Wildman–Crippen MR) is 77.8 cm³/mol. The van der Waals surface area contributed by atoms with Gasteiger partial charge in [-0.1, -0.05) is 42.8 Å². The molecule has 19 heavy (non-hydrogen) atoms. The number of benzene rings is 2. The molecular weight excluding hydrogens is 261 g/mol. The number of nitrogens with one attached hydrogen (secondary N) is 1. The summed E-state index contributed by atoms with van der Waals surface area (Å²) in [7, 11) is 0. The molecule has 0 aliphatic rings. The molecule has 2 rings (SSSR count). The molecule has 2 aromatic rings. The van der Waals surface area contributed by atoms with Gasteiger partial charge in [-0.05, 0) is 35.7 Å². The van der Waals surface area contributed by atoms with Crippen LogP contribution in [0.25, 0.3) is 0 Å². The normalized spacial score (nSPS) is 10.7. The van der Waals surface area contributed by atoms with E-state index in [-0.39, 0.29) is 5.82 Å². The standard InChI is InChI=1S/C16H17ClFN/c1-2-12-3-5-13(6-4-12)10-19-11-14-9-15(17)7-8-16(14)18/h3-9,19H,2,10-11H2,1H3. The van der Waals surface area contributed by atoms with Crippen LogP contribution in [0.4, 0.5) is 4.39 Å². The van der Waals surface area contributed by atoms with E-state index in [1.54, 1.807) is 12.1 Å². The fourth-order valence-corrected chi connectivity index (χ4v) is 2.11. The van der Waals surface area contributed by atoms with Gasteiger partial charge < -0.3 is 5.32 Å². The van der Waals surface area contributed by atoms with Crippen molar-refractivity contribution in [2.45, 2.75) is 26.4 Å². The van der Waals surface area contributed by atoms with Crippen molar-refractivity contribution in [2.24, 2.45) is 0 Å². The highest BCUT2D eigenvalue weighted by atomic mass is 35.5. The summed E-state index contributed by atoms with van der Waals surface area (Å²) in [5.74, 6) is -0.224. The third kappa shape index (κ3) is 4.05. The molecule has 0 saturated carbocycles. The summed E-state index contributed by atoms with van der Waals surface area (Å²) >= 11 is 5.85. The van der Waals surface area contributed by atoms with Crippen LogP contribution in [-0.2, 0) is 19.5 Å². The molecule has 0 atom stereocenters. The number of hydrogen-bond acceptors (Lipinski definition) is 1. The van der Waals surface area contributed by atoms with E-state index in [2.05, 4.69) is 36.5 Å². The van der Waals surface area contributed by atoms with E-state index >= 15 is 0 Å². The van der Waals surface area contributed by atoms with Crippen LogP contribution < -0.4 is 5.32 Å². The first-order valence-corrected chi connectivity index (χ1v) is 6.79. The van der Waals surface area contributed by atoms with Crippen LogP contribution in [0.1, 0.15) is 23.6 Å². The minimum atomic E-state index is -0.224. The van der Waals surface area contributed by atoms with Crippen molar-refractivity contribution in [3.05, 3.63) is 70.0 Å². The molecule has 3 heteroatoms. The lowest BCUT2D eigenvalue weighted by molar-refractivity contribution is 0.588. The van der Waals surface area contributed by atoms with E-state index in [0.29, 0.717) is 17.1 Å². The molecule has 0 saturated heterocycles. The fourth-order valence-electron chi connectivity index (χ4n) is 1.91. The molecule has 0 aromatic heterocycles. The van der Waals surface area contributed by atoms with Gasteiger partial charge in [0.2, 0.25) is 0 Å². The fraction of sp³-hybridized carbons (Fsp3) is 0.250. The summed E-state index contributed by atoms with van der Waals surface area (Å²) in [5.41, 5.74) is 3.11. The molecule has 0 aliphatic carbocycles. The van der Waals surface area contributed by atoms with Gasteiger partial charge in [0.1, 0.15) is 5.82 Å². The van der Waals surface area contributed by atoms with Gasteiger partial charge in [-0.25, -0.2) is 4.39 Å². The van der Waals surface area contributed by atoms with Gasteiger partial charge in [-0.2, -0.15) is 0 Å². The van der Waals surface area contributed by atoms with Crippen LogP contribution in [-0.4, -0.2) is 0 Å². The zero-order valence-corrected chi connectivity index (χ0v) is 11.7. The van der Waals surface area contributed by atoms with E-state index in [1.165, 1.54) is 17.2 Å². The highest BCUT2D eigenvalue weighted by molar-refractivity contribution is 6.30. The Labute approximate surface area is 118 Å². The lowest BCUT2D eigenvalue weighted by atomic mass is 10.1. The maximum absolute atomic E-state index is 13.5. The number of rotatable bonds is 5. The topological polar surface area (TPSA) is 12.0 Å². The molecular formula is C16H17ClFN. The molecule has 0 unspecified atom stereocenters. The third-order valence-corrected chi connectivity index (χ3v) is 3.32. The molecule has 0 heterocycles. The zero-order chi connectivity index (χ0) is 13.7. The first-order chi connectivity index (χ1) is 9.19. The Balaban J connectivity index is 1.90. The van der Waals surface area contributed by atoms with Gasteiger partial charge in [0.05, 0.1) is 0 Å². The largest absolute Gasteiger partial charge is 0.309 e. The molecule has 0 amide bonds. The van der Waals surface area contributed by atoms with Crippen LogP contribution in [0.3, 0.4) is 0 Å². The first kappa shape index (κ1) is 14.0. The molecule has 0 aliphatic heterocycles. The van der Waals surface area contributed by atoms with Crippen LogP contribution in [0.2, 0.25) is 5.02 Å². The Bertz CT molecular complexity index is 537. The van der Waals surface area contributed by atoms with E-state index in [4.69, 9.17) is 11.6 Å². The minimum absolute atomic E-state index is 0.224. The predicted octanol–water partition coefficient (Wildman–Crippen LogP) is 4.33. The monoisotopic (exact) mass is 277 g/mol. The Hall–Kier alpha value is -1.38. The second-order valence-electron chi connectivity index (χ2n) is 4.51. The average molecular weight is 278 g/mol. The Morgan fingerprint density at radius 1 is 1.00 bits per heavy atom. The van der Waals surface area contributed by atoms with Crippen molar-refractivity contribution in [2.75, 3.05) is 0 Å². The van der Waals surface area contributed by atoms with Gasteiger partial charge in [0, 0.05) is 23.7 Å². The van der Waals surface area contributed by atoms with Gasteiger partial charge in [0.15, 0.2) is 0 Å². The summed E-state index contributed by atoms with van der Waals surface area (Å²) in [4.78, 5) is 0. The summed E-state index contributed by atoms with van der Waals surface area (Å²) in [6.07, 6.45) is 1.04. The van der Waals surface area contributed by atoms with Gasteiger partial charge in [0.25, 0.3) is 0 Å². The first-order valence-electron chi connectivity index (χ1n) is 6.41. The minimum Gasteiger partial charge on any atom is -0.309 e. The molecule has 1 N–H and O–H groups in total. The van der Waals surface area contributed by atoms with Crippen molar-refractivity contribution in [1.82, 2.24) is 5.32 Å². The van der Waals surface area contributed by atoms with Crippen LogP contribution >= 0.6 is 11.6 Å². The maximum Gasteiger partial charge on any atom is 0.127 e. The van der Waals surface area contributed by atoms with E-state index < -0.39 is 0 Å². The molecule has 2 aromatic carbocycles. The Morgan fingerprint density at radius 3 is 2.37 bits per heavy atom. The third-order valence-electron chi connectivity index (χ3n) is 3.08. The molecule has 0 bridgehead atoms. The smallest absolute Gasteiger partial charge is 0.127 e. The molecule has 0 fully saturated rings. The highest BCUT2D eigenvalue weighted by Crippen LogP contribution is 2.14. The maximum atomic E-state index is 13.5. The zero-order valence-electron chi connectivity index (χ0n) is 10.9. The van der Waals surface area contributed by atoms with Crippen LogP contribution in [0, 0.1) is 5.82 Å². The van der Waals surface area contributed by atoms with Crippen molar-refractivity contribution in [3.63, 3.8) is 0 Å². The quantitative estimate of drug-likeness (QED) is 0.858. The Kier molecular flexibility index (Phi) is 4.94. The van der Waals surface area contributed by atoms with Crippen LogP contribution in [0.15, 0.2) is 42.5 Å². The number of aryl methyl sites for hydroxylation is 1. The molecule has 0 radical (unpaired) electrons. The molecule has 100 valence electrons. The van der Waals surface area contributed by atoms with Crippen LogP contribution in [0.5, 0.6) is 0 Å². The van der Waals surface area contributed by atoms with Crippen molar-refractivity contribution < 1.29 is 4.39 Å². The van der Waals surface area contributed by atoms with Crippen molar-refractivity contribution in [1.29, 1.82) is 0 Å². The van der Waals surface area contributed by atoms with E-state index in [1.807, 2.05) is 0 Å². The van der Waals surface area contributed by atoms with Crippen molar-refractivity contribution in [3.8, 4) is 0 Å². The summed E-state index contributed by atoms with van der Waals surface area (Å²) < 4.78 is 13.5. The SMILES string of the molecule is CCc1ccc(CNCc2cc(Cl)ccc2F)cc1. The number of halogens is 2. The van der Waals surface area contributed by atoms with E-state index in [9.17, 15) is 4.39 Å². The highest BCUT2D eigenvalue weighted by Gasteiger charge is 2.02. The molecule has 0 spiro atoms. The van der Waals surface area contributed by atoms with Gasteiger partial charge >= 0.3 is 0 Å². The summed E-state index contributed by atoms with van der Waals surface area (Å²) in [6.45, 7) is 3.33.